The summed E-state index contributed by atoms with van der Waals surface area (Å²) in [5, 5.41) is 3.33. The molecule has 0 unspecified atom stereocenters. The molecule has 0 heterocycles. The third kappa shape index (κ3) is 3.57. The van der Waals surface area contributed by atoms with Crippen molar-refractivity contribution < 1.29 is 9.47 Å². The highest BCUT2D eigenvalue weighted by Crippen LogP contribution is 2.24. The predicted molar refractivity (Wildman–Crippen MR) is 82.6 cm³/mol. The summed E-state index contributed by atoms with van der Waals surface area (Å²) >= 11 is 0. The summed E-state index contributed by atoms with van der Waals surface area (Å²) in [5.74, 6) is 1.65. The lowest BCUT2D eigenvalue weighted by atomic mass is 10.1. The zero-order chi connectivity index (χ0) is 14.4. The van der Waals surface area contributed by atoms with Crippen LogP contribution in [0.5, 0.6) is 11.5 Å². The second kappa shape index (κ2) is 6.70. The van der Waals surface area contributed by atoms with Gasteiger partial charge in [0.1, 0.15) is 11.5 Å². The number of ether oxygens (including phenoxy) is 2. The molecular weight excluding hydrogens is 252 g/mol. The fourth-order valence-electron chi connectivity index (χ4n) is 2.00. The van der Waals surface area contributed by atoms with Gasteiger partial charge < -0.3 is 20.5 Å². The van der Waals surface area contributed by atoms with E-state index in [1.807, 2.05) is 36.4 Å². The molecule has 3 N–H and O–H groups in total. The van der Waals surface area contributed by atoms with E-state index < -0.39 is 0 Å². The number of nitrogens with two attached hydrogens (primary N) is 1. The van der Waals surface area contributed by atoms with Crippen molar-refractivity contribution in [1.82, 2.24) is 0 Å². The number of hydrogen-bond donors (Lipinski definition) is 2. The molecule has 0 aliphatic carbocycles. The quantitative estimate of drug-likeness (QED) is 0.794. The van der Waals surface area contributed by atoms with Crippen molar-refractivity contribution >= 4 is 11.4 Å². The Morgan fingerprint density at radius 3 is 2.45 bits per heavy atom. The first-order valence-electron chi connectivity index (χ1n) is 6.53. The Kier molecular flexibility index (Phi) is 4.71. The highest BCUT2D eigenvalue weighted by atomic mass is 16.5. The van der Waals surface area contributed by atoms with Crippen LogP contribution < -0.4 is 20.5 Å². The second-order valence-corrected chi connectivity index (χ2v) is 4.48. The molecule has 0 aliphatic heterocycles. The maximum atomic E-state index is 5.96. The monoisotopic (exact) mass is 272 g/mol. The van der Waals surface area contributed by atoms with Crippen molar-refractivity contribution in [3.63, 3.8) is 0 Å². The van der Waals surface area contributed by atoms with Crippen LogP contribution in [0.15, 0.2) is 42.5 Å². The van der Waals surface area contributed by atoms with Gasteiger partial charge in [0.05, 0.1) is 25.6 Å². The molecule has 106 valence electrons. The van der Waals surface area contributed by atoms with Gasteiger partial charge in [-0.25, -0.2) is 0 Å². The van der Waals surface area contributed by atoms with E-state index in [1.165, 1.54) is 5.56 Å². The molecule has 0 fully saturated rings. The molecule has 20 heavy (non-hydrogen) atoms. The fraction of sp³-hybridized carbons (Fsp3) is 0.250. The number of benzene rings is 2. The van der Waals surface area contributed by atoms with Crippen molar-refractivity contribution in [2.75, 3.05) is 31.8 Å². The normalized spacial score (nSPS) is 10.1. The SMILES string of the molecule is COc1cccc(CCNc2ccc(OC)cc2N)c1. The minimum atomic E-state index is 0.690. The number of nitrogen functional groups attached to an aromatic ring is 1. The molecule has 2 rings (SSSR count). The van der Waals surface area contributed by atoms with Crippen LogP contribution in [0.1, 0.15) is 5.56 Å². The number of nitrogens with one attached hydrogen (secondary N) is 1. The third-order valence-corrected chi connectivity index (χ3v) is 3.12. The number of methoxy groups -OCH3 is 2. The molecule has 2 aromatic carbocycles. The van der Waals surface area contributed by atoms with E-state index in [4.69, 9.17) is 15.2 Å². The van der Waals surface area contributed by atoms with Crippen molar-refractivity contribution in [3.05, 3.63) is 48.0 Å². The summed E-state index contributed by atoms with van der Waals surface area (Å²) in [6.45, 7) is 0.809. The first kappa shape index (κ1) is 14.1. The lowest BCUT2D eigenvalue weighted by Crippen LogP contribution is -2.07. The molecule has 0 radical (unpaired) electrons. The molecule has 4 nitrogen and oxygen atoms in total. The smallest absolute Gasteiger partial charge is 0.121 e. The molecular formula is C16H20N2O2. The van der Waals surface area contributed by atoms with E-state index in [1.54, 1.807) is 14.2 Å². The summed E-state index contributed by atoms with van der Waals surface area (Å²) in [7, 11) is 3.31. The van der Waals surface area contributed by atoms with Gasteiger partial charge in [-0.3, -0.25) is 0 Å². The Labute approximate surface area is 119 Å². The summed E-state index contributed by atoms with van der Waals surface area (Å²) in [4.78, 5) is 0. The molecule has 2 aromatic rings. The van der Waals surface area contributed by atoms with Crippen molar-refractivity contribution in [2.24, 2.45) is 0 Å². The van der Waals surface area contributed by atoms with Crippen LogP contribution in [-0.4, -0.2) is 20.8 Å². The van der Waals surface area contributed by atoms with E-state index in [9.17, 15) is 0 Å². The average Bonchev–Trinajstić information content (AvgIpc) is 2.49. The standard InChI is InChI=1S/C16H20N2O2/c1-19-13-5-3-4-12(10-13)8-9-18-16-7-6-14(20-2)11-15(16)17/h3-7,10-11,18H,8-9,17H2,1-2H3. The van der Waals surface area contributed by atoms with Crippen LogP contribution in [0.25, 0.3) is 0 Å². The molecule has 4 heteroatoms. The fourth-order valence-corrected chi connectivity index (χ4v) is 2.00. The van der Waals surface area contributed by atoms with Gasteiger partial charge in [-0.2, -0.15) is 0 Å². The molecule has 0 aliphatic rings. The van der Waals surface area contributed by atoms with Crippen LogP contribution in [0.2, 0.25) is 0 Å². The maximum absolute atomic E-state index is 5.96. The minimum Gasteiger partial charge on any atom is -0.497 e. The first-order valence-corrected chi connectivity index (χ1v) is 6.53. The lowest BCUT2D eigenvalue weighted by Gasteiger charge is -2.11. The van der Waals surface area contributed by atoms with E-state index in [2.05, 4.69) is 11.4 Å². The minimum absolute atomic E-state index is 0.690. The van der Waals surface area contributed by atoms with E-state index in [-0.39, 0.29) is 0 Å². The summed E-state index contributed by atoms with van der Waals surface area (Å²) in [5.41, 5.74) is 8.80. The third-order valence-electron chi connectivity index (χ3n) is 3.12. The number of anilines is 2. The molecule has 0 bridgehead atoms. The van der Waals surface area contributed by atoms with Gasteiger partial charge in [0.15, 0.2) is 0 Å². The van der Waals surface area contributed by atoms with Crippen LogP contribution in [0.4, 0.5) is 11.4 Å². The molecule has 0 spiro atoms. The molecule has 0 atom stereocenters. The van der Waals surface area contributed by atoms with Crippen molar-refractivity contribution in [1.29, 1.82) is 0 Å². The van der Waals surface area contributed by atoms with Crippen LogP contribution in [-0.2, 0) is 6.42 Å². The van der Waals surface area contributed by atoms with Gasteiger partial charge >= 0.3 is 0 Å². The Bertz CT molecular complexity index is 570. The highest BCUT2D eigenvalue weighted by molar-refractivity contribution is 5.68. The zero-order valence-electron chi connectivity index (χ0n) is 11.8. The Balaban J connectivity index is 1.92. The molecule has 0 amide bonds. The van der Waals surface area contributed by atoms with Gasteiger partial charge in [-0.1, -0.05) is 12.1 Å². The molecule has 0 aromatic heterocycles. The summed E-state index contributed by atoms with van der Waals surface area (Å²) in [6.07, 6.45) is 0.905. The Morgan fingerprint density at radius 2 is 1.75 bits per heavy atom. The van der Waals surface area contributed by atoms with Crippen LogP contribution in [0, 0.1) is 0 Å². The largest absolute Gasteiger partial charge is 0.497 e. The van der Waals surface area contributed by atoms with Gasteiger partial charge in [0, 0.05) is 12.6 Å². The van der Waals surface area contributed by atoms with Gasteiger partial charge in [-0.15, -0.1) is 0 Å². The van der Waals surface area contributed by atoms with Crippen molar-refractivity contribution in [3.8, 4) is 11.5 Å². The summed E-state index contributed by atoms with van der Waals surface area (Å²) in [6, 6.07) is 13.7. The highest BCUT2D eigenvalue weighted by Gasteiger charge is 2.01. The maximum Gasteiger partial charge on any atom is 0.121 e. The van der Waals surface area contributed by atoms with E-state index >= 15 is 0 Å². The van der Waals surface area contributed by atoms with Gasteiger partial charge in [0.25, 0.3) is 0 Å². The molecule has 0 saturated heterocycles. The number of rotatable bonds is 6. The Morgan fingerprint density at radius 1 is 1.00 bits per heavy atom. The molecule has 0 saturated carbocycles. The van der Waals surface area contributed by atoms with E-state index in [0.717, 1.165) is 30.2 Å². The van der Waals surface area contributed by atoms with E-state index in [0.29, 0.717) is 5.69 Å². The number of hydrogen-bond acceptors (Lipinski definition) is 4. The topological polar surface area (TPSA) is 56.5 Å². The van der Waals surface area contributed by atoms with Gasteiger partial charge in [-0.05, 0) is 36.2 Å². The van der Waals surface area contributed by atoms with Gasteiger partial charge in [0.2, 0.25) is 0 Å². The predicted octanol–water partition coefficient (Wildman–Crippen LogP) is 2.94. The second-order valence-electron chi connectivity index (χ2n) is 4.48. The zero-order valence-corrected chi connectivity index (χ0v) is 11.8. The van der Waals surface area contributed by atoms with Crippen LogP contribution in [0.3, 0.4) is 0 Å². The summed E-state index contributed by atoms with van der Waals surface area (Å²) < 4.78 is 10.3. The average molecular weight is 272 g/mol. The lowest BCUT2D eigenvalue weighted by molar-refractivity contribution is 0.414. The van der Waals surface area contributed by atoms with Crippen molar-refractivity contribution in [2.45, 2.75) is 6.42 Å². The Hall–Kier alpha value is -2.36. The first-order chi connectivity index (χ1) is 9.72. The van der Waals surface area contributed by atoms with Crippen LogP contribution >= 0.6 is 0 Å².